The molecule has 6 nitrogen and oxygen atoms in total. The molecule has 0 radical (unpaired) electrons. The molecule has 2 aromatic carbocycles. The van der Waals surface area contributed by atoms with E-state index in [0.717, 1.165) is 70.2 Å². The van der Waals surface area contributed by atoms with Gasteiger partial charge in [-0.05, 0) is 43.3 Å². The van der Waals surface area contributed by atoms with Crippen molar-refractivity contribution >= 4 is 17.3 Å². The largest absolute Gasteiger partial charge is 0.369 e. The molecule has 0 bridgehead atoms. The summed E-state index contributed by atoms with van der Waals surface area (Å²) in [6.07, 6.45) is 0. The highest BCUT2D eigenvalue weighted by Crippen LogP contribution is 2.23. The van der Waals surface area contributed by atoms with Gasteiger partial charge in [0.25, 0.3) is 0 Å². The van der Waals surface area contributed by atoms with Crippen LogP contribution >= 0.6 is 0 Å². The first-order chi connectivity index (χ1) is 15.1. The fourth-order valence-corrected chi connectivity index (χ4v) is 4.39. The molecular weight excluding hydrogens is 386 g/mol. The number of carbonyl (C=O) groups is 1. The van der Waals surface area contributed by atoms with Gasteiger partial charge >= 0.3 is 0 Å². The molecule has 0 spiro atoms. The number of piperazine rings is 2. The molecule has 4 rings (SSSR count). The van der Waals surface area contributed by atoms with E-state index in [2.05, 4.69) is 87.4 Å². The van der Waals surface area contributed by atoms with Gasteiger partial charge in [-0.1, -0.05) is 30.3 Å². The monoisotopic (exact) mass is 421 g/mol. The summed E-state index contributed by atoms with van der Waals surface area (Å²) in [5.74, 6) is 0.0759. The van der Waals surface area contributed by atoms with Crippen LogP contribution in [0.25, 0.3) is 0 Å². The minimum Gasteiger partial charge on any atom is -0.369 e. The summed E-state index contributed by atoms with van der Waals surface area (Å²) in [7, 11) is 2.17. The molecule has 1 N–H and O–H groups in total. The molecule has 2 fully saturated rings. The maximum Gasteiger partial charge on any atom is 0.238 e. The maximum atomic E-state index is 12.6. The van der Waals surface area contributed by atoms with E-state index < -0.39 is 0 Å². The molecule has 166 valence electrons. The average molecular weight is 422 g/mol. The van der Waals surface area contributed by atoms with E-state index in [0.29, 0.717) is 6.54 Å². The summed E-state index contributed by atoms with van der Waals surface area (Å²) in [5.41, 5.74) is 4.64. The third-order valence-corrected chi connectivity index (χ3v) is 6.43. The lowest BCUT2D eigenvalue weighted by Gasteiger charge is -2.34. The van der Waals surface area contributed by atoms with Crippen molar-refractivity contribution in [2.45, 2.75) is 13.5 Å². The second-order valence-electron chi connectivity index (χ2n) is 8.88. The van der Waals surface area contributed by atoms with Gasteiger partial charge in [-0.15, -0.1) is 0 Å². The van der Waals surface area contributed by atoms with Crippen LogP contribution in [0.1, 0.15) is 11.1 Å². The van der Waals surface area contributed by atoms with Crippen molar-refractivity contribution < 1.29 is 4.79 Å². The summed E-state index contributed by atoms with van der Waals surface area (Å²) in [5, 5.41) is 3.12. The number of hydrogen-bond acceptors (Lipinski definition) is 5. The first kappa shape index (κ1) is 21.8. The van der Waals surface area contributed by atoms with Crippen molar-refractivity contribution in [1.82, 2.24) is 14.7 Å². The Bertz CT molecular complexity index is 855. The molecule has 2 aromatic rings. The van der Waals surface area contributed by atoms with E-state index in [4.69, 9.17) is 0 Å². The van der Waals surface area contributed by atoms with Gasteiger partial charge in [-0.3, -0.25) is 14.6 Å². The lowest BCUT2D eigenvalue weighted by atomic mass is 10.1. The third kappa shape index (κ3) is 6.06. The van der Waals surface area contributed by atoms with Crippen LogP contribution < -0.4 is 10.2 Å². The molecule has 6 heteroatoms. The minimum absolute atomic E-state index is 0.0759. The summed E-state index contributed by atoms with van der Waals surface area (Å²) in [6, 6.07) is 17.0. The van der Waals surface area contributed by atoms with Crippen LogP contribution in [0.5, 0.6) is 0 Å². The fraction of sp³-hybridized carbons (Fsp3) is 0.480. The van der Waals surface area contributed by atoms with E-state index in [1.54, 1.807) is 0 Å². The molecule has 0 aliphatic carbocycles. The van der Waals surface area contributed by atoms with E-state index in [9.17, 15) is 4.79 Å². The maximum absolute atomic E-state index is 12.6. The molecule has 0 unspecified atom stereocenters. The summed E-state index contributed by atoms with van der Waals surface area (Å²) in [6.45, 7) is 11.7. The Labute approximate surface area is 186 Å². The number of likely N-dealkylation sites (N-methyl/N-ethyl adjacent to an activating group) is 1. The zero-order chi connectivity index (χ0) is 21.6. The van der Waals surface area contributed by atoms with Crippen molar-refractivity contribution in [3.05, 3.63) is 59.7 Å². The second-order valence-corrected chi connectivity index (χ2v) is 8.88. The number of anilines is 2. The van der Waals surface area contributed by atoms with E-state index in [-0.39, 0.29) is 5.91 Å². The Morgan fingerprint density at radius 3 is 2.23 bits per heavy atom. The molecule has 2 aliphatic heterocycles. The number of nitrogens with one attached hydrogen (secondary N) is 1. The Kier molecular flexibility index (Phi) is 7.22. The number of amides is 1. The van der Waals surface area contributed by atoms with Gasteiger partial charge in [0.1, 0.15) is 0 Å². The number of carbonyl (C=O) groups excluding carboxylic acids is 1. The minimum atomic E-state index is 0.0759. The van der Waals surface area contributed by atoms with Crippen LogP contribution in [0.15, 0.2) is 48.5 Å². The molecule has 1 amide bonds. The van der Waals surface area contributed by atoms with Crippen molar-refractivity contribution in [2.75, 3.05) is 76.2 Å². The first-order valence-electron chi connectivity index (χ1n) is 11.4. The molecule has 2 saturated heterocycles. The van der Waals surface area contributed by atoms with Crippen LogP contribution in [-0.2, 0) is 11.3 Å². The highest BCUT2D eigenvalue weighted by atomic mass is 16.2. The second kappa shape index (κ2) is 10.3. The standard InChI is InChI=1S/C25H35N5O/c1-21-18-23(30-16-10-27(2)11-17-30)8-9-24(21)26-25(31)20-29-14-12-28(13-15-29)19-22-6-4-3-5-7-22/h3-9,18H,10-17,19-20H2,1-2H3,(H,26,31). The predicted molar refractivity (Wildman–Crippen MR) is 128 cm³/mol. The number of hydrogen-bond donors (Lipinski definition) is 1. The predicted octanol–water partition coefficient (Wildman–Crippen LogP) is 2.50. The van der Waals surface area contributed by atoms with Crippen molar-refractivity contribution in [3.63, 3.8) is 0 Å². The van der Waals surface area contributed by atoms with Crippen LogP contribution in [0.2, 0.25) is 0 Å². The van der Waals surface area contributed by atoms with Gasteiger partial charge in [-0.25, -0.2) is 0 Å². The molecule has 0 aromatic heterocycles. The number of aryl methyl sites for hydroxylation is 1. The van der Waals surface area contributed by atoms with Crippen LogP contribution in [-0.4, -0.2) is 86.6 Å². The van der Waals surface area contributed by atoms with Gasteiger partial charge in [0.15, 0.2) is 0 Å². The fourth-order valence-electron chi connectivity index (χ4n) is 4.39. The zero-order valence-electron chi connectivity index (χ0n) is 18.9. The molecule has 0 atom stereocenters. The summed E-state index contributed by atoms with van der Waals surface area (Å²) >= 11 is 0. The van der Waals surface area contributed by atoms with Crippen LogP contribution in [0.3, 0.4) is 0 Å². The topological polar surface area (TPSA) is 42.1 Å². The Balaban J connectivity index is 1.23. The normalized spacial score (nSPS) is 18.8. The summed E-state index contributed by atoms with van der Waals surface area (Å²) < 4.78 is 0. The number of nitrogens with zero attached hydrogens (tertiary/aromatic N) is 4. The quantitative estimate of drug-likeness (QED) is 0.776. The zero-order valence-corrected chi connectivity index (χ0v) is 18.9. The highest BCUT2D eigenvalue weighted by molar-refractivity contribution is 5.93. The highest BCUT2D eigenvalue weighted by Gasteiger charge is 2.20. The molecule has 2 heterocycles. The van der Waals surface area contributed by atoms with Crippen molar-refractivity contribution in [1.29, 1.82) is 0 Å². The molecule has 2 aliphatic rings. The lowest BCUT2D eigenvalue weighted by Crippen LogP contribution is -2.48. The SMILES string of the molecule is Cc1cc(N2CCN(C)CC2)ccc1NC(=O)CN1CCN(Cc2ccccc2)CC1. The Hall–Kier alpha value is -2.41. The smallest absolute Gasteiger partial charge is 0.238 e. The van der Waals surface area contributed by atoms with Gasteiger partial charge in [0, 0.05) is 70.3 Å². The van der Waals surface area contributed by atoms with Gasteiger partial charge in [0.2, 0.25) is 5.91 Å². The van der Waals surface area contributed by atoms with Crippen molar-refractivity contribution in [3.8, 4) is 0 Å². The number of benzene rings is 2. The van der Waals surface area contributed by atoms with E-state index in [1.165, 1.54) is 11.3 Å². The first-order valence-corrected chi connectivity index (χ1v) is 11.4. The Morgan fingerprint density at radius 1 is 0.871 bits per heavy atom. The van der Waals surface area contributed by atoms with Gasteiger partial charge < -0.3 is 15.1 Å². The van der Waals surface area contributed by atoms with E-state index >= 15 is 0 Å². The molecule has 31 heavy (non-hydrogen) atoms. The van der Waals surface area contributed by atoms with Crippen LogP contribution in [0, 0.1) is 6.92 Å². The van der Waals surface area contributed by atoms with Crippen LogP contribution in [0.4, 0.5) is 11.4 Å². The van der Waals surface area contributed by atoms with Gasteiger partial charge in [-0.2, -0.15) is 0 Å². The third-order valence-electron chi connectivity index (χ3n) is 6.43. The molecule has 0 saturated carbocycles. The van der Waals surface area contributed by atoms with E-state index in [1.807, 2.05) is 0 Å². The Morgan fingerprint density at radius 2 is 1.55 bits per heavy atom. The average Bonchev–Trinajstić information content (AvgIpc) is 2.78. The summed E-state index contributed by atoms with van der Waals surface area (Å²) in [4.78, 5) is 22.1. The lowest BCUT2D eigenvalue weighted by molar-refractivity contribution is -0.117. The van der Waals surface area contributed by atoms with Crippen molar-refractivity contribution in [2.24, 2.45) is 0 Å². The molecular formula is C25H35N5O. The number of rotatable bonds is 6. The van der Waals surface area contributed by atoms with Gasteiger partial charge in [0.05, 0.1) is 6.54 Å².